The van der Waals surface area contributed by atoms with Crippen molar-refractivity contribution in [2.45, 2.75) is 33.4 Å². The van der Waals surface area contributed by atoms with Crippen molar-refractivity contribution in [3.8, 4) is 0 Å². The van der Waals surface area contributed by atoms with Crippen LogP contribution < -0.4 is 5.32 Å². The van der Waals surface area contributed by atoms with Gasteiger partial charge in [0.25, 0.3) is 0 Å². The van der Waals surface area contributed by atoms with E-state index in [1.54, 1.807) is 0 Å². The molecule has 1 heterocycles. The van der Waals surface area contributed by atoms with E-state index in [4.69, 9.17) is 0 Å². The van der Waals surface area contributed by atoms with E-state index in [1.165, 1.54) is 16.0 Å². The smallest absolute Gasteiger partial charge is 0.0233 e. The van der Waals surface area contributed by atoms with Gasteiger partial charge in [-0.3, -0.25) is 4.90 Å². The molecule has 0 bridgehead atoms. The minimum absolute atomic E-state index is 0.955. The minimum Gasteiger partial charge on any atom is -0.312 e. The summed E-state index contributed by atoms with van der Waals surface area (Å²) in [5.41, 5.74) is 2.77. The van der Waals surface area contributed by atoms with Crippen molar-refractivity contribution in [2.24, 2.45) is 0 Å². The Kier molecular flexibility index (Phi) is 6.93. The molecule has 0 saturated carbocycles. The summed E-state index contributed by atoms with van der Waals surface area (Å²) in [5.74, 6) is 0. The maximum absolute atomic E-state index is 3.52. The van der Waals surface area contributed by atoms with E-state index >= 15 is 0 Å². The van der Waals surface area contributed by atoms with Gasteiger partial charge in [-0.1, -0.05) is 44.2 Å². The van der Waals surface area contributed by atoms with Gasteiger partial charge in [0.2, 0.25) is 0 Å². The zero-order chi connectivity index (χ0) is 14.9. The first-order valence-corrected chi connectivity index (χ1v) is 8.73. The van der Waals surface area contributed by atoms with Crippen molar-refractivity contribution in [3.63, 3.8) is 0 Å². The molecule has 0 unspecified atom stereocenters. The Hall–Kier alpha value is -1.16. The normalized spacial score (nSPS) is 11.2. The van der Waals surface area contributed by atoms with E-state index in [-0.39, 0.29) is 0 Å². The lowest BCUT2D eigenvalue weighted by atomic mass is 10.1. The van der Waals surface area contributed by atoms with Gasteiger partial charge < -0.3 is 5.32 Å². The lowest BCUT2D eigenvalue weighted by Gasteiger charge is -2.18. The van der Waals surface area contributed by atoms with E-state index in [0.29, 0.717) is 0 Å². The van der Waals surface area contributed by atoms with Crippen LogP contribution in [0.3, 0.4) is 0 Å². The molecular weight excluding hydrogens is 276 g/mol. The molecule has 2 rings (SSSR count). The number of nitrogens with zero attached hydrogens (tertiary/aromatic N) is 1. The fourth-order valence-corrected chi connectivity index (χ4v) is 3.08. The van der Waals surface area contributed by atoms with Gasteiger partial charge in [-0.25, -0.2) is 0 Å². The van der Waals surface area contributed by atoms with Gasteiger partial charge in [-0.2, -0.15) is 0 Å². The second kappa shape index (κ2) is 8.98. The molecule has 1 aromatic carbocycles. The quantitative estimate of drug-likeness (QED) is 0.706. The van der Waals surface area contributed by atoms with Gasteiger partial charge >= 0.3 is 0 Å². The number of nitrogens with one attached hydrogen (secondary N) is 1. The maximum Gasteiger partial charge on any atom is 0.0233 e. The van der Waals surface area contributed by atoms with Crippen molar-refractivity contribution in [2.75, 3.05) is 19.6 Å². The van der Waals surface area contributed by atoms with Crippen LogP contribution >= 0.6 is 11.3 Å². The third kappa shape index (κ3) is 5.62. The van der Waals surface area contributed by atoms with Gasteiger partial charge in [-0.15, -0.1) is 11.3 Å². The van der Waals surface area contributed by atoms with Crippen molar-refractivity contribution in [1.82, 2.24) is 10.2 Å². The van der Waals surface area contributed by atoms with Crippen LogP contribution in [0.4, 0.5) is 0 Å². The SMILES string of the molecule is CCN(CC)Cc1ccc(CNCCc2cccs2)cc1. The van der Waals surface area contributed by atoms with Crippen molar-refractivity contribution < 1.29 is 0 Å². The summed E-state index contributed by atoms with van der Waals surface area (Å²) >= 11 is 1.84. The molecule has 0 aliphatic rings. The van der Waals surface area contributed by atoms with Gasteiger partial charge in [0, 0.05) is 24.5 Å². The van der Waals surface area contributed by atoms with Crippen LogP contribution in [0.15, 0.2) is 41.8 Å². The highest BCUT2D eigenvalue weighted by molar-refractivity contribution is 7.09. The van der Waals surface area contributed by atoms with Crippen molar-refractivity contribution >= 4 is 11.3 Å². The maximum atomic E-state index is 3.52. The molecule has 0 spiro atoms. The molecule has 0 saturated heterocycles. The summed E-state index contributed by atoms with van der Waals surface area (Å²) in [5, 5.41) is 5.66. The fraction of sp³-hybridized carbons (Fsp3) is 0.444. The summed E-state index contributed by atoms with van der Waals surface area (Å²) in [7, 11) is 0. The van der Waals surface area contributed by atoms with Crippen LogP contribution in [-0.2, 0) is 19.5 Å². The summed E-state index contributed by atoms with van der Waals surface area (Å²) in [6.45, 7) is 9.72. The highest BCUT2D eigenvalue weighted by Crippen LogP contribution is 2.09. The summed E-state index contributed by atoms with van der Waals surface area (Å²) in [6, 6.07) is 13.3. The fourth-order valence-electron chi connectivity index (χ4n) is 2.37. The summed E-state index contributed by atoms with van der Waals surface area (Å²) < 4.78 is 0. The average Bonchev–Trinajstić information content (AvgIpc) is 3.04. The molecule has 2 nitrogen and oxygen atoms in total. The number of thiophene rings is 1. The van der Waals surface area contributed by atoms with Crippen LogP contribution in [0, 0.1) is 0 Å². The molecule has 0 aliphatic carbocycles. The Morgan fingerprint density at radius 3 is 2.33 bits per heavy atom. The first-order valence-electron chi connectivity index (χ1n) is 7.85. The first-order chi connectivity index (χ1) is 10.3. The Balaban J connectivity index is 1.72. The predicted molar refractivity (Wildman–Crippen MR) is 92.8 cm³/mol. The standard InChI is InChI=1S/C18H26N2S/c1-3-20(4-2)15-17-9-7-16(8-10-17)14-19-12-11-18-6-5-13-21-18/h5-10,13,19H,3-4,11-12,14-15H2,1-2H3. The molecule has 2 aromatic rings. The van der Waals surface area contributed by atoms with E-state index in [2.05, 4.69) is 65.8 Å². The Bertz CT molecular complexity index is 486. The zero-order valence-corrected chi connectivity index (χ0v) is 14.0. The van der Waals surface area contributed by atoms with Crippen LogP contribution in [-0.4, -0.2) is 24.5 Å². The average molecular weight is 302 g/mol. The van der Waals surface area contributed by atoms with E-state index < -0.39 is 0 Å². The lowest BCUT2D eigenvalue weighted by Crippen LogP contribution is -2.22. The number of rotatable bonds is 9. The topological polar surface area (TPSA) is 15.3 Å². The molecule has 114 valence electrons. The highest BCUT2D eigenvalue weighted by atomic mass is 32.1. The van der Waals surface area contributed by atoms with Gasteiger partial charge in [-0.05, 0) is 42.1 Å². The predicted octanol–water partition coefficient (Wildman–Crippen LogP) is 3.92. The van der Waals surface area contributed by atoms with Gasteiger partial charge in [0.15, 0.2) is 0 Å². The third-order valence-corrected chi connectivity index (χ3v) is 4.72. The number of hydrogen-bond acceptors (Lipinski definition) is 3. The molecule has 0 fully saturated rings. The molecule has 0 amide bonds. The second-order valence-electron chi connectivity index (χ2n) is 5.28. The molecule has 3 heteroatoms. The monoisotopic (exact) mass is 302 g/mol. The molecule has 1 aromatic heterocycles. The first kappa shape index (κ1) is 16.2. The number of benzene rings is 1. The van der Waals surface area contributed by atoms with Gasteiger partial charge in [0.1, 0.15) is 0 Å². The van der Waals surface area contributed by atoms with E-state index in [1.807, 2.05) is 11.3 Å². The molecule has 21 heavy (non-hydrogen) atoms. The second-order valence-corrected chi connectivity index (χ2v) is 6.32. The largest absolute Gasteiger partial charge is 0.312 e. The Morgan fingerprint density at radius 2 is 1.71 bits per heavy atom. The van der Waals surface area contributed by atoms with Crippen molar-refractivity contribution in [1.29, 1.82) is 0 Å². The third-order valence-electron chi connectivity index (χ3n) is 3.78. The van der Waals surface area contributed by atoms with Crippen molar-refractivity contribution in [3.05, 3.63) is 57.8 Å². The molecule has 1 N–H and O–H groups in total. The van der Waals surface area contributed by atoms with E-state index in [9.17, 15) is 0 Å². The number of hydrogen-bond donors (Lipinski definition) is 1. The van der Waals surface area contributed by atoms with Crippen LogP contribution in [0.1, 0.15) is 29.9 Å². The molecule has 0 atom stereocenters. The lowest BCUT2D eigenvalue weighted by molar-refractivity contribution is 0.296. The zero-order valence-electron chi connectivity index (χ0n) is 13.1. The summed E-state index contributed by atoms with van der Waals surface area (Å²) in [4.78, 5) is 3.89. The van der Waals surface area contributed by atoms with Gasteiger partial charge in [0.05, 0.1) is 0 Å². The van der Waals surface area contributed by atoms with E-state index in [0.717, 1.165) is 39.1 Å². The Labute approximate surface area is 132 Å². The van der Waals surface area contributed by atoms with Crippen LogP contribution in [0.5, 0.6) is 0 Å². The van der Waals surface area contributed by atoms with Crippen LogP contribution in [0.2, 0.25) is 0 Å². The molecule has 0 radical (unpaired) electrons. The molecular formula is C18H26N2S. The highest BCUT2D eigenvalue weighted by Gasteiger charge is 2.01. The molecule has 0 aliphatic heterocycles. The van der Waals surface area contributed by atoms with Crippen LogP contribution in [0.25, 0.3) is 0 Å². The summed E-state index contributed by atoms with van der Waals surface area (Å²) in [6.07, 6.45) is 1.12. The minimum atomic E-state index is 0.955. The Morgan fingerprint density at radius 1 is 1.00 bits per heavy atom.